The van der Waals surface area contributed by atoms with E-state index in [-0.39, 0.29) is 12.3 Å². The Bertz CT molecular complexity index is 439. The van der Waals surface area contributed by atoms with Gasteiger partial charge in [0.1, 0.15) is 0 Å². The van der Waals surface area contributed by atoms with Crippen LogP contribution in [0.2, 0.25) is 0 Å². The largest absolute Gasteiger partial charge is 0.396 e. The maximum absolute atomic E-state index is 10.5. The number of hydrogen-bond acceptors (Lipinski definition) is 5. The van der Waals surface area contributed by atoms with Gasteiger partial charge in [0.05, 0.1) is 4.92 Å². The number of aryl methyl sites for hydroxylation is 1. The van der Waals surface area contributed by atoms with E-state index in [0.29, 0.717) is 31.2 Å². The molecule has 0 amide bonds. The van der Waals surface area contributed by atoms with Crippen LogP contribution in [0.5, 0.6) is 0 Å². The number of nitro groups is 1. The summed E-state index contributed by atoms with van der Waals surface area (Å²) in [5, 5.41) is 37.0. The Balaban J connectivity index is 0.000000235. The molecule has 0 radical (unpaired) electrons. The normalized spacial score (nSPS) is 16.7. The zero-order chi connectivity index (χ0) is 15.7. The zero-order valence-corrected chi connectivity index (χ0v) is 12.1. The fourth-order valence-electron chi connectivity index (χ4n) is 2.29. The third-order valence-electron chi connectivity index (χ3n) is 3.45. The van der Waals surface area contributed by atoms with Gasteiger partial charge < -0.3 is 15.3 Å². The summed E-state index contributed by atoms with van der Waals surface area (Å²) in [4.78, 5) is 10.1. The second-order valence-electron chi connectivity index (χ2n) is 5.26. The van der Waals surface area contributed by atoms with Crippen molar-refractivity contribution in [2.75, 3.05) is 6.61 Å². The van der Waals surface area contributed by atoms with E-state index in [1.54, 1.807) is 18.2 Å². The molecule has 118 valence electrons. The fraction of sp³-hybridized carbons (Fsp3) is 0.600. The van der Waals surface area contributed by atoms with E-state index in [1.165, 1.54) is 6.07 Å². The van der Waals surface area contributed by atoms with Gasteiger partial charge in [-0.2, -0.15) is 0 Å². The molecule has 0 spiro atoms. The van der Waals surface area contributed by atoms with Crippen LogP contribution in [0.25, 0.3) is 0 Å². The summed E-state index contributed by atoms with van der Waals surface area (Å²) in [7, 11) is 0. The first kappa shape index (κ1) is 17.6. The summed E-state index contributed by atoms with van der Waals surface area (Å²) in [6.45, 7) is 0.0616. The minimum atomic E-state index is -1.32. The molecular weight excluding hydrogens is 274 g/mol. The second kappa shape index (κ2) is 8.71. The van der Waals surface area contributed by atoms with E-state index < -0.39 is 10.7 Å². The van der Waals surface area contributed by atoms with Gasteiger partial charge in [0.2, 0.25) is 0 Å². The number of nitro benzene ring substituents is 1. The molecule has 0 aliphatic heterocycles. The van der Waals surface area contributed by atoms with Gasteiger partial charge in [0.15, 0.2) is 5.79 Å². The van der Waals surface area contributed by atoms with E-state index in [4.69, 9.17) is 15.3 Å². The maximum atomic E-state index is 10.5. The Morgan fingerprint density at radius 1 is 1.14 bits per heavy atom. The number of hydrogen-bond donors (Lipinski definition) is 3. The van der Waals surface area contributed by atoms with Crippen molar-refractivity contribution in [3.05, 3.63) is 39.9 Å². The third kappa shape index (κ3) is 6.66. The lowest BCUT2D eigenvalue weighted by atomic mass is 9.95. The minimum Gasteiger partial charge on any atom is -0.396 e. The summed E-state index contributed by atoms with van der Waals surface area (Å²) in [5.74, 6) is -1.32. The molecule has 0 heterocycles. The van der Waals surface area contributed by atoms with Crippen LogP contribution in [0.15, 0.2) is 24.3 Å². The second-order valence-corrected chi connectivity index (χ2v) is 5.26. The minimum absolute atomic E-state index is 0.0616. The quantitative estimate of drug-likeness (QED) is 0.449. The molecule has 1 fully saturated rings. The first-order chi connectivity index (χ1) is 9.96. The molecule has 0 aromatic heterocycles. The van der Waals surface area contributed by atoms with Crippen molar-refractivity contribution in [2.24, 2.45) is 0 Å². The molecule has 3 N–H and O–H groups in total. The molecule has 21 heavy (non-hydrogen) atoms. The van der Waals surface area contributed by atoms with Crippen LogP contribution in [0, 0.1) is 10.1 Å². The highest BCUT2D eigenvalue weighted by Crippen LogP contribution is 2.24. The van der Waals surface area contributed by atoms with Crippen molar-refractivity contribution in [1.29, 1.82) is 0 Å². The number of aliphatic hydroxyl groups is 3. The van der Waals surface area contributed by atoms with E-state index in [1.807, 2.05) is 0 Å². The van der Waals surface area contributed by atoms with Crippen molar-refractivity contribution < 1.29 is 20.2 Å². The smallest absolute Gasteiger partial charge is 0.272 e. The molecule has 0 atom stereocenters. The lowest BCUT2D eigenvalue weighted by Gasteiger charge is -2.25. The van der Waals surface area contributed by atoms with Gasteiger partial charge in [0.25, 0.3) is 5.69 Å². The van der Waals surface area contributed by atoms with Gasteiger partial charge in [-0.25, -0.2) is 0 Å². The predicted octanol–water partition coefficient (Wildman–Crippen LogP) is 2.15. The van der Waals surface area contributed by atoms with Crippen LogP contribution in [0.1, 0.15) is 44.1 Å². The van der Waals surface area contributed by atoms with Crippen LogP contribution in [-0.2, 0) is 6.42 Å². The van der Waals surface area contributed by atoms with Gasteiger partial charge in [-0.3, -0.25) is 10.1 Å². The Morgan fingerprint density at radius 3 is 2.24 bits per heavy atom. The van der Waals surface area contributed by atoms with E-state index in [9.17, 15) is 10.1 Å². The molecule has 1 aromatic carbocycles. The first-order valence-electron chi connectivity index (χ1n) is 7.24. The highest BCUT2D eigenvalue weighted by molar-refractivity contribution is 5.39. The lowest BCUT2D eigenvalue weighted by Crippen LogP contribution is -2.30. The molecule has 6 heteroatoms. The number of nitrogens with zero attached hydrogens (tertiary/aromatic N) is 1. The van der Waals surface area contributed by atoms with Gasteiger partial charge in [0, 0.05) is 31.1 Å². The van der Waals surface area contributed by atoms with Crippen molar-refractivity contribution in [3.8, 4) is 0 Å². The summed E-state index contributed by atoms with van der Waals surface area (Å²) in [6.07, 6.45) is 5.32. The topological polar surface area (TPSA) is 104 Å². The average molecular weight is 297 g/mol. The zero-order valence-electron chi connectivity index (χ0n) is 12.1. The number of rotatable bonds is 4. The van der Waals surface area contributed by atoms with E-state index in [0.717, 1.165) is 19.3 Å². The van der Waals surface area contributed by atoms with Crippen LogP contribution in [0.4, 0.5) is 5.69 Å². The number of para-hydroxylation sites is 1. The maximum Gasteiger partial charge on any atom is 0.272 e. The van der Waals surface area contributed by atoms with Crippen LogP contribution in [0.3, 0.4) is 0 Å². The molecule has 6 nitrogen and oxygen atoms in total. The summed E-state index contributed by atoms with van der Waals surface area (Å²) in [6, 6.07) is 6.60. The lowest BCUT2D eigenvalue weighted by molar-refractivity contribution is -0.385. The predicted molar refractivity (Wildman–Crippen MR) is 78.8 cm³/mol. The van der Waals surface area contributed by atoms with Gasteiger partial charge in [-0.1, -0.05) is 24.6 Å². The standard InChI is InChI=1S/C9H11NO3.C6H12O2/c11-7-3-5-8-4-1-2-6-9(8)10(12)13;7-6(8)4-2-1-3-5-6/h1-2,4,6,11H,3,5,7H2;7-8H,1-5H2. The Morgan fingerprint density at radius 2 is 1.76 bits per heavy atom. The summed E-state index contributed by atoms with van der Waals surface area (Å²) >= 11 is 0. The summed E-state index contributed by atoms with van der Waals surface area (Å²) < 4.78 is 0. The molecule has 1 aromatic rings. The SMILES string of the molecule is O=[N+]([O-])c1ccccc1CCCO.OC1(O)CCCCC1. The van der Waals surface area contributed by atoms with Gasteiger partial charge in [-0.15, -0.1) is 0 Å². The number of aliphatic hydroxyl groups excluding tert-OH is 1. The van der Waals surface area contributed by atoms with Gasteiger partial charge >= 0.3 is 0 Å². The van der Waals surface area contributed by atoms with Crippen molar-refractivity contribution in [3.63, 3.8) is 0 Å². The molecular formula is C15H23NO5. The third-order valence-corrected chi connectivity index (χ3v) is 3.45. The summed E-state index contributed by atoms with van der Waals surface area (Å²) in [5.41, 5.74) is 0.817. The Labute approximate surface area is 124 Å². The van der Waals surface area contributed by atoms with Crippen LogP contribution < -0.4 is 0 Å². The van der Waals surface area contributed by atoms with Crippen LogP contribution in [-0.4, -0.2) is 32.6 Å². The van der Waals surface area contributed by atoms with E-state index >= 15 is 0 Å². The Kier molecular flexibility index (Phi) is 7.28. The Hall–Kier alpha value is -1.50. The van der Waals surface area contributed by atoms with Crippen molar-refractivity contribution >= 4 is 5.69 Å². The fourth-order valence-corrected chi connectivity index (χ4v) is 2.29. The van der Waals surface area contributed by atoms with Gasteiger partial charge in [-0.05, 0) is 25.7 Å². The highest BCUT2D eigenvalue weighted by atomic mass is 16.6. The molecule has 0 saturated heterocycles. The molecule has 2 rings (SSSR count). The number of benzene rings is 1. The van der Waals surface area contributed by atoms with Crippen molar-refractivity contribution in [1.82, 2.24) is 0 Å². The monoisotopic (exact) mass is 297 g/mol. The molecule has 0 unspecified atom stereocenters. The van der Waals surface area contributed by atoms with E-state index in [2.05, 4.69) is 0 Å². The molecule has 1 aliphatic carbocycles. The highest BCUT2D eigenvalue weighted by Gasteiger charge is 2.24. The average Bonchev–Trinajstić information content (AvgIpc) is 2.45. The van der Waals surface area contributed by atoms with Crippen molar-refractivity contribution in [2.45, 2.75) is 50.7 Å². The molecule has 1 saturated carbocycles. The molecule has 1 aliphatic rings. The first-order valence-corrected chi connectivity index (χ1v) is 7.24. The van der Waals surface area contributed by atoms with Crippen LogP contribution >= 0.6 is 0 Å². The molecule has 0 bridgehead atoms.